The highest BCUT2D eigenvalue weighted by atomic mass is 35.5. The van der Waals surface area contributed by atoms with Gasteiger partial charge in [0, 0.05) is 23.6 Å². The van der Waals surface area contributed by atoms with E-state index < -0.39 is 6.10 Å². The van der Waals surface area contributed by atoms with Gasteiger partial charge in [-0.15, -0.1) is 0 Å². The fraction of sp³-hybridized carbons (Fsp3) is 0.208. The lowest BCUT2D eigenvalue weighted by atomic mass is 10.0. The molecule has 1 amide bonds. The summed E-state index contributed by atoms with van der Waals surface area (Å²) < 4.78 is 5.87. The van der Waals surface area contributed by atoms with Crippen LogP contribution in [-0.2, 0) is 0 Å². The molecule has 1 fully saturated rings. The van der Waals surface area contributed by atoms with E-state index in [1.165, 1.54) is 0 Å². The van der Waals surface area contributed by atoms with E-state index in [9.17, 15) is 15.0 Å². The molecule has 0 aromatic heterocycles. The Morgan fingerprint density at radius 3 is 2.13 bits per heavy atom. The highest BCUT2D eigenvalue weighted by Crippen LogP contribution is 2.25. The Labute approximate surface area is 180 Å². The summed E-state index contributed by atoms with van der Waals surface area (Å²) in [5, 5.41) is 20.5. The predicted molar refractivity (Wildman–Crippen MR) is 116 cm³/mol. The van der Waals surface area contributed by atoms with Crippen molar-refractivity contribution in [2.45, 2.75) is 18.6 Å². The van der Waals surface area contributed by atoms with Crippen LogP contribution >= 0.6 is 11.6 Å². The topological polar surface area (TPSA) is 70.0 Å². The molecule has 154 valence electrons. The molecular formula is C24H22ClNO4. The molecule has 30 heavy (non-hydrogen) atoms. The third-order valence-corrected chi connectivity index (χ3v) is 5.49. The molecule has 2 N–H and O–H groups in total. The maximum absolute atomic E-state index is 12.9. The van der Waals surface area contributed by atoms with Crippen LogP contribution in [-0.4, -0.2) is 46.3 Å². The number of β-amino-alcohol motifs (C(OH)–C–C–N with tert-alkyl or cyclic N) is 1. The Bertz CT molecular complexity index is 1000. The summed E-state index contributed by atoms with van der Waals surface area (Å²) >= 11 is 5.89. The van der Waals surface area contributed by atoms with Gasteiger partial charge in [-0.25, -0.2) is 0 Å². The second kappa shape index (κ2) is 8.78. The highest BCUT2D eigenvalue weighted by molar-refractivity contribution is 6.30. The Kier molecular flexibility index (Phi) is 5.93. The maximum Gasteiger partial charge on any atom is 0.253 e. The molecule has 0 radical (unpaired) electrons. The van der Waals surface area contributed by atoms with Crippen molar-refractivity contribution in [3.63, 3.8) is 0 Å². The third kappa shape index (κ3) is 4.58. The first-order chi connectivity index (χ1) is 14.5. The fourth-order valence-corrected chi connectivity index (χ4v) is 3.69. The van der Waals surface area contributed by atoms with Crippen LogP contribution in [0.4, 0.5) is 0 Å². The third-order valence-electron chi connectivity index (χ3n) is 5.24. The quantitative estimate of drug-likeness (QED) is 0.653. The number of ether oxygens (including phenoxy) is 1. The molecule has 1 aliphatic rings. The van der Waals surface area contributed by atoms with Crippen LogP contribution in [0.5, 0.6) is 11.5 Å². The molecule has 3 aromatic rings. The van der Waals surface area contributed by atoms with Gasteiger partial charge in [0.25, 0.3) is 5.91 Å². The summed E-state index contributed by atoms with van der Waals surface area (Å²) in [4.78, 5) is 14.5. The Morgan fingerprint density at radius 2 is 1.53 bits per heavy atom. The number of hydrogen-bond donors (Lipinski definition) is 2. The zero-order valence-corrected chi connectivity index (χ0v) is 17.0. The monoisotopic (exact) mass is 423 g/mol. The summed E-state index contributed by atoms with van der Waals surface area (Å²) in [6.07, 6.45) is -0.594. The second-order valence-corrected chi connectivity index (χ2v) is 7.78. The van der Waals surface area contributed by atoms with Crippen molar-refractivity contribution in [2.24, 2.45) is 0 Å². The smallest absolute Gasteiger partial charge is 0.253 e. The first kappa shape index (κ1) is 20.3. The van der Waals surface area contributed by atoms with Crippen molar-refractivity contribution in [1.82, 2.24) is 4.90 Å². The minimum Gasteiger partial charge on any atom is -0.508 e. The van der Waals surface area contributed by atoms with Crippen LogP contribution in [0, 0.1) is 0 Å². The van der Waals surface area contributed by atoms with Gasteiger partial charge in [-0.1, -0.05) is 35.9 Å². The summed E-state index contributed by atoms with van der Waals surface area (Å²) in [6, 6.07) is 21.3. The zero-order chi connectivity index (χ0) is 21.1. The molecule has 0 spiro atoms. The zero-order valence-electron chi connectivity index (χ0n) is 16.2. The average Bonchev–Trinajstić information content (AvgIpc) is 2.77. The van der Waals surface area contributed by atoms with Gasteiger partial charge in [-0.3, -0.25) is 4.79 Å². The lowest BCUT2D eigenvalue weighted by Crippen LogP contribution is -2.51. The molecule has 1 saturated heterocycles. The first-order valence-electron chi connectivity index (χ1n) is 9.78. The van der Waals surface area contributed by atoms with Gasteiger partial charge >= 0.3 is 0 Å². The van der Waals surface area contributed by atoms with Gasteiger partial charge in [0.2, 0.25) is 0 Å². The molecule has 0 saturated carbocycles. The Hall–Kier alpha value is -3.02. The summed E-state index contributed by atoms with van der Waals surface area (Å²) in [5.41, 5.74) is 2.49. The number of rotatable bonds is 4. The van der Waals surface area contributed by atoms with Crippen LogP contribution in [0.15, 0.2) is 72.8 Å². The SMILES string of the molecule is O=C(c1ccc(-c2ccc(O)cc2)cc1)N1CC[C@@H](Oc2ccc(Cl)cc2)[C@H](O)C1. The molecule has 2 atom stereocenters. The second-order valence-electron chi connectivity index (χ2n) is 7.34. The van der Waals surface area contributed by atoms with Gasteiger partial charge < -0.3 is 19.8 Å². The number of carbonyl (C=O) groups excluding carboxylic acids is 1. The number of benzene rings is 3. The van der Waals surface area contributed by atoms with Gasteiger partial charge in [0.15, 0.2) is 0 Å². The molecule has 5 nitrogen and oxygen atoms in total. The van der Waals surface area contributed by atoms with Crippen molar-refractivity contribution in [2.75, 3.05) is 13.1 Å². The van der Waals surface area contributed by atoms with Crippen molar-refractivity contribution in [3.8, 4) is 22.6 Å². The summed E-state index contributed by atoms with van der Waals surface area (Å²) in [5.74, 6) is 0.747. The van der Waals surface area contributed by atoms with Gasteiger partial charge in [-0.05, 0) is 59.7 Å². The average molecular weight is 424 g/mol. The molecule has 4 rings (SSSR count). The van der Waals surface area contributed by atoms with E-state index in [1.807, 2.05) is 24.3 Å². The van der Waals surface area contributed by atoms with E-state index in [2.05, 4.69) is 0 Å². The molecule has 0 aliphatic carbocycles. The predicted octanol–water partition coefficient (Wildman–Crippen LogP) is 4.37. The van der Waals surface area contributed by atoms with E-state index in [-0.39, 0.29) is 24.3 Å². The first-order valence-corrected chi connectivity index (χ1v) is 10.2. The Morgan fingerprint density at radius 1 is 0.933 bits per heavy atom. The van der Waals surface area contributed by atoms with Crippen LogP contribution in [0.3, 0.4) is 0 Å². The van der Waals surface area contributed by atoms with E-state index in [4.69, 9.17) is 16.3 Å². The maximum atomic E-state index is 12.9. The largest absolute Gasteiger partial charge is 0.508 e. The fourth-order valence-electron chi connectivity index (χ4n) is 3.56. The van der Waals surface area contributed by atoms with E-state index in [1.54, 1.807) is 53.4 Å². The molecule has 3 aromatic carbocycles. The number of piperidine rings is 1. The highest BCUT2D eigenvalue weighted by Gasteiger charge is 2.32. The van der Waals surface area contributed by atoms with Gasteiger partial charge in [-0.2, -0.15) is 0 Å². The minimum atomic E-state index is -0.769. The number of likely N-dealkylation sites (tertiary alicyclic amines) is 1. The number of hydrogen-bond acceptors (Lipinski definition) is 4. The number of phenolic OH excluding ortho intramolecular Hbond substituents is 1. The van der Waals surface area contributed by atoms with Crippen LogP contribution in [0.2, 0.25) is 5.02 Å². The number of phenols is 1. The number of nitrogens with zero attached hydrogens (tertiary/aromatic N) is 1. The van der Waals surface area contributed by atoms with Crippen LogP contribution in [0.1, 0.15) is 16.8 Å². The number of aliphatic hydroxyl groups is 1. The molecule has 1 aliphatic heterocycles. The van der Waals surface area contributed by atoms with Gasteiger partial charge in [0.05, 0.1) is 6.54 Å². The molecule has 0 bridgehead atoms. The molecule has 0 unspecified atom stereocenters. The number of amides is 1. The minimum absolute atomic E-state index is 0.115. The van der Waals surface area contributed by atoms with Crippen molar-refractivity contribution < 1.29 is 19.7 Å². The van der Waals surface area contributed by atoms with Crippen LogP contribution < -0.4 is 4.74 Å². The normalized spacial score (nSPS) is 18.8. The summed E-state index contributed by atoms with van der Waals surface area (Å²) in [7, 11) is 0. The molecule has 6 heteroatoms. The van der Waals surface area contributed by atoms with E-state index in [0.717, 1.165) is 11.1 Å². The van der Waals surface area contributed by atoms with E-state index in [0.29, 0.717) is 29.3 Å². The van der Waals surface area contributed by atoms with Crippen molar-refractivity contribution >= 4 is 17.5 Å². The lowest BCUT2D eigenvalue weighted by molar-refractivity contribution is -0.0198. The standard InChI is InChI=1S/C24H22ClNO4/c25-19-7-11-21(12-8-19)30-23-13-14-26(15-22(23)28)24(29)18-3-1-16(2-4-18)17-5-9-20(27)10-6-17/h1-12,22-23,27-28H,13-15H2/t22-,23-/m1/s1. The van der Waals surface area contributed by atoms with Gasteiger partial charge in [0.1, 0.15) is 23.7 Å². The number of halogens is 1. The number of aliphatic hydroxyl groups excluding tert-OH is 1. The Balaban J connectivity index is 1.38. The van der Waals surface area contributed by atoms with E-state index >= 15 is 0 Å². The summed E-state index contributed by atoms with van der Waals surface area (Å²) in [6.45, 7) is 0.727. The van der Waals surface area contributed by atoms with Crippen molar-refractivity contribution in [1.29, 1.82) is 0 Å². The van der Waals surface area contributed by atoms with Crippen LogP contribution in [0.25, 0.3) is 11.1 Å². The number of aromatic hydroxyl groups is 1. The molecule has 1 heterocycles. The molecular weight excluding hydrogens is 402 g/mol. The lowest BCUT2D eigenvalue weighted by Gasteiger charge is -2.36. The number of carbonyl (C=O) groups is 1. The van der Waals surface area contributed by atoms with Crippen molar-refractivity contribution in [3.05, 3.63) is 83.4 Å².